The molecule has 0 atom stereocenters. The maximum Gasteiger partial charge on any atom is 0.132 e. The van der Waals surface area contributed by atoms with Crippen molar-refractivity contribution in [2.24, 2.45) is 0 Å². The van der Waals surface area contributed by atoms with Crippen LogP contribution >= 0.6 is 0 Å². The normalized spacial score (nSPS) is 10.7. The van der Waals surface area contributed by atoms with E-state index in [1.54, 1.807) is 0 Å². The Morgan fingerprint density at radius 2 is 0.328 bits per heavy atom. The Morgan fingerprint density at radius 3 is 0.528 bits per heavy atom. The van der Waals surface area contributed by atoms with E-state index in [-0.39, 0.29) is 0 Å². The summed E-state index contributed by atoms with van der Waals surface area (Å²) in [6, 6.07) is 100. The third kappa shape index (κ3) is 26.1. The van der Waals surface area contributed by atoms with E-state index in [1.165, 1.54) is 144 Å². The van der Waals surface area contributed by atoms with Gasteiger partial charge in [0.05, 0.1) is 0 Å². The molecule has 648 valence electrons. The average molecular weight is 1660 g/mol. The van der Waals surface area contributed by atoms with Gasteiger partial charge in [0.1, 0.15) is 52.4 Å². The van der Waals surface area contributed by atoms with E-state index in [9.17, 15) is 0 Å². The highest BCUT2D eigenvalue weighted by Gasteiger charge is 2.23. The van der Waals surface area contributed by atoms with Crippen molar-refractivity contribution in [1.29, 1.82) is 0 Å². The molecule has 0 unspecified atom stereocenters. The summed E-state index contributed by atoms with van der Waals surface area (Å²) in [5.41, 5.74) is 28.8. The first-order valence-electron chi connectivity index (χ1n) is 46.7. The summed E-state index contributed by atoms with van der Waals surface area (Å²) in [6.45, 7) is 46.2. The number of aromatic nitrogens is 9. The van der Waals surface area contributed by atoms with Gasteiger partial charge in [-0.15, -0.1) is 0 Å². The Balaban J connectivity index is 0.000000193. The summed E-state index contributed by atoms with van der Waals surface area (Å²) in [7, 11) is 0. The smallest absolute Gasteiger partial charge is 0.132 e. The van der Waals surface area contributed by atoms with Gasteiger partial charge in [0.25, 0.3) is 0 Å². The summed E-state index contributed by atoms with van der Waals surface area (Å²) in [5, 5.41) is 8.25. The van der Waals surface area contributed by atoms with Crippen LogP contribution in [-0.2, 0) is 77.0 Å². The molecule has 9 nitrogen and oxygen atoms in total. The molecule has 0 N–H and O–H groups in total. The van der Waals surface area contributed by atoms with Crippen molar-refractivity contribution in [2.45, 2.75) is 236 Å². The van der Waals surface area contributed by atoms with Gasteiger partial charge in [0.15, 0.2) is 0 Å². The van der Waals surface area contributed by atoms with Gasteiger partial charge in [-0.3, -0.25) is 0 Å². The van der Waals surface area contributed by atoms with Gasteiger partial charge < -0.3 is 0 Å². The molecule has 5 aliphatic rings. The van der Waals surface area contributed by atoms with Crippen molar-refractivity contribution in [3.63, 3.8) is 0 Å². The molecule has 13 aromatic carbocycles. The third-order valence-electron chi connectivity index (χ3n) is 21.2. The Kier molecular flexibility index (Phi) is 42.8. The number of hydrogen-bond acceptors (Lipinski definition) is 9. The molecule has 125 heavy (non-hydrogen) atoms. The number of benzene rings is 13. The van der Waals surface area contributed by atoms with E-state index in [0.717, 1.165) is 129 Å². The first-order chi connectivity index (χ1) is 61.5. The van der Waals surface area contributed by atoms with Gasteiger partial charge >= 0.3 is 0 Å². The SMILES string of the molecule is CC.CC.CC.CC.CC.CC.CC.CCc1nc(C)nc(CC)n1.CCc1nc(C)nc(CC)n1.CCc1nc(CC)nc(CC)n1.c1ccc2c(c1)Cc1c-2ccc2ccccc12.c1ccc2c(c1)Cc1c-2ccc2ccccc12.c1ccc2c(c1)Cc1c-2ccc2ccccc12.c1ccc2c(c1)Cc1ccccc1-2.c1ccc2c(c1)Cc1ccccc1-2. The van der Waals surface area contributed by atoms with Crippen molar-refractivity contribution in [3.05, 3.63) is 387 Å². The van der Waals surface area contributed by atoms with Gasteiger partial charge in [-0.05, 0) is 190 Å². The lowest BCUT2D eigenvalue weighted by Gasteiger charge is -2.05. The number of aryl methyl sites for hydroxylation is 9. The molecule has 0 fully saturated rings. The van der Waals surface area contributed by atoms with Crippen LogP contribution in [0.5, 0.6) is 0 Å². The van der Waals surface area contributed by atoms with E-state index in [2.05, 4.69) is 345 Å². The van der Waals surface area contributed by atoms with Gasteiger partial charge in [-0.2, -0.15) is 0 Å². The quantitative estimate of drug-likeness (QED) is 0.154. The summed E-state index contributed by atoms with van der Waals surface area (Å²) in [4.78, 5) is 38.1. The second-order valence-electron chi connectivity index (χ2n) is 28.4. The van der Waals surface area contributed by atoms with Crippen LogP contribution in [0.1, 0.15) is 253 Å². The van der Waals surface area contributed by atoms with E-state index in [4.69, 9.17) is 0 Å². The van der Waals surface area contributed by atoms with Crippen molar-refractivity contribution >= 4 is 32.3 Å². The van der Waals surface area contributed by atoms with Crippen LogP contribution in [0.4, 0.5) is 0 Å². The van der Waals surface area contributed by atoms with Crippen molar-refractivity contribution in [3.8, 4) is 55.6 Å². The van der Waals surface area contributed by atoms with Crippen LogP contribution in [-0.4, -0.2) is 44.9 Å². The first kappa shape index (κ1) is 99.8. The average Bonchev–Trinajstić information content (AvgIpc) is 1.57. The van der Waals surface area contributed by atoms with Crippen LogP contribution in [0, 0.1) is 13.8 Å². The largest absolute Gasteiger partial charge is 0.218 e. The number of hydrogen-bond donors (Lipinski definition) is 0. The minimum atomic E-state index is 0.828. The minimum Gasteiger partial charge on any atom is -0.218 e. The fourth-order valence-electron chi connectivity index (χ4n) is 15.7. The fourth-order valence-corrected chi connectivity index (χ4v) is 15.7. The molecule has 0 saturated heterocycles. The second kappa shape index (κ2) is 53.6. The zero-order valence-corrected chi connectivity index (χ0v) is 79.6. The van der Waals surface area contributed by atoms with E-state index in [1.807, 2.05) is 138 Å². The summed E-state index contributed by atoms with van der Waals surface area (Å²) in [6.07, 6.45) is 11.7. The number of nitrogens with zero attached hydrogens (tertiary/aromatic N) is 9. The zero-order valence-electron chi connectivity index (χ0n) is 79.6. The van der Waals surface area contributed by atoms with Crippen LogP contribution in [0.25, 0.3) is 88.0 Å². The lowest BCUT2D eigenvalue weighted by Crippen LogP contribution is -2.05. The van der Waals surface area contributed by atoms with Crippen LogP contribution < -0.4 is 0 Å². The highest BCUT2D eigenvalue weighted by molar-refractivity contribution is 5.97. The summed E-state index contributed by atoms with van der Waals surface area (Å²) in [5.74, 6) is 7.99. The Morgan fingerprint density at radius 1 is 0.168 bits per heavy atom. The van der Waals surface area contributed by atoms with Crippen LogP contribution in [0.2, 0.25) is 0 Å². The molecule has 0 spiro atoms. The maximum absolute atomic E-state index is 4.30. The highest BCUT2D eigenvalue weighted by atomic mass is 15.0. The first-order valence-corrected chi connectivity index (χ1v) is 46.7. The van der Waals surface area contributed by atoms with Crippen molar-refractivity contribution in [1.82, 2.24) is 44.9 Å². The minimum absolute atomic E-state index is 0.828. The summed E-state index contributed by atoms with van der Waals surface area (Å²) >= 11 is 0. The molecule has 0 radical (unpaired) electrons. The van der Waals surface area contributed by atoms with E-state index < -0.39 is 0 Å². The lowest BCUT2D eigenvalue weighted by atomic mass is 9.99. The summed E-state index contributed by atoms with van der Waals surface area (Å²) < 4.78 is 0. The molecule has 16 aromatic rings. The van der Waals surface area contributed by atoms with Crippen molar-refractivity contribution < 1.29 is 0 Å². The van der Waals surface area contributed by atoms with Gasteiger partial charge in [-0.1, -0.05) is 424 Å². The highest BCUT2D eigenvalue weighted by Crippen LogP contribution is 2.44. The molecular formula is C116H139N9. The molecule has 3 aromatic heterocycles. The predicted molar refractivity (Wildman–Crippen MR) is 540 cm³/mol. The Bertz CT molecular complexity index is 5320. The lowest BCUT2D eigenvalue weighted by molar-refractivity contribution is 0.771. The van der Waals surface area contributed by atoms with E-state index in [0.29, 0.717) is 0 Å². The molecule has 0 aliphatic heterocycles. The molecule has 0 bridgehead atoms. The third-order valence-corrected chi connectivity index (χ3v) is 21.2. The maximum atomic E-state index is 4.30. The molecule has 5 aliphatic carbocycles. The molecule has 3 heterocycles. The number of fused-ring (bicyclic) bond motifs is 21. The molecule has 21 rings (SSSR count). The molecule has 0 saturated carbocycles. The fraction of sp³-hybridized carbons (Fsp3) is 0.302. The molecule has 0 amide bonds. The predicted octanol–water partition coefficient (Wildman–Crippen LogP) is 31.1. The van der Waals surface area contributed by atoms with Gasteiger partial charge in [0.2, 0.25) is 0 Å². The van der Waals surface area contributed by atoms with Crippen LogP contribution in [0.3, 0.4) is 0 Å². The zero-order chi connectivity index (χ0) is 90.6. The van der Waals surface area contributed by atoms with Gasteiger partial charge in [-0.25, -0.2) is 44.9 Å². The second-order valence-corrected chi connectivity index (χ2v) is 28.4. The van der Waals surface area contributed by atoms with E-state index >= 15 is 0 Å². The monoisotopic (exact) mass is 1660 g/mol. The molecule has 9 heteroatoms. The van der Waals surface area contributed by atoms with Crippen molar-refractivity contribution in [2.75, 3.05) is 0 Å². The Labute approximate surface area is 751 Å². The van der Waals surface area contributed by atoms with Gasteiger partial charge in [0, 0.05) is 44.9 Å². The standard InChI is InChI=1S/3C17H12.2C13H10.C9H15N3.2C8H13N3.7C2H6/c3*1-3-7-14-12(5-1)9-10-16-15-8-4-2-6-13(15)11-17(14)16;2*1-3-7-12-10(5-1)9-11-6-2-4-8-13(11)12;1-4-7-10-8(5-2)12-9(6-3)11-7;2*1-4-7-9-6(3)10-8(5-2)11-7;7*1-2/h3*1-10H,11H2;2*1-8H,9H2;4-6H2,1-3H3;2*4-5H2,1-3H3;7*1-2H3. The van der Waals surface area contributed by atoms with Crippen LogP contribution in [0.15, 0.2) is 279 Å². The molecular weight excluding hydrogens is 1520 g/mol. The number of rotatable bonds is 7. The topological polar surface area (TPSA) is 116 Å². The Hall–Kier alpha value is -12.3.